The Kier molecular flexibility index (Phi) is 7.13. The van der Waals surface area contributed by atoms with Gasteiger partial charge in [-0.05, 0) is 30.3 Å². The molecule has 2 aromatic heterocycles. The number of anilines is 2. The maximum atomic E-state index is 12.6. The number of likely N-dealkylation sites (N-methyl/N-ethyl adjacent to an activating group) is 1. The molecule has 0 spiro atoms. The molecular formula is C23H22F3N5O4S. The van der Waals surface area contributed by atoms with Crippen molar-refractivity contribution >= 4 is 55.4 Å². The average Bonchev–Trinajstić information content (AvgIpc) is 3.35. The number of fused-ring (bicyclic) bond motifs is 2. The molecule has 4 aromatic rings. The molecule has 0 saturated heterocycles. The largest absolute Gasteiger partial charge is 0.573 e. The third-order valence-corrected chi connectivity index (χ3v) is 6.38. The van der Waals surface area contributed by atoms with Crippen molar-refractivity contribution in [1.82, 2.24) is 19.4 Å². The number of carbonyl (C=O) groups is 2. The third kappa shape index (κ3) is 5.74. The summed E-state index contributed by atoms with van der Waals surface area (Å²) < 4.78 is 43.7. The number of halogens is 3. The number of Topliss-reactive ketones (excluding diaryl/α,β-unsaturated/α-hetero) is 1. The number of aliphatic hydroxyl groups is 1. The van der Waals surface area contributed by atoms with Crippen LogP contribution in [-0.2, 0) is 11.8 Å². The van der Waals surface area contributed by atoms with Gasteiger partial charge in [0.25, 0.3) is 0 Å². The molecule has 190 valence electrons. The number of ether oxygens (including phenoxy) is 1. The van der Waals surface area contributed by atoms with E-state index in [2.05, 4.69) is 20.0 Å². The van der Waals surface area contributed by atoms with Crippen LogP contribution in [0.15, 0.2) is 36.4 Å². The van der Waals surface area contributed by atoms with E-state index in [1.807, 2.05) is 0 Å². The van der Waals surface area contributed by atoms with Gasteiger partial charge >= 0.3 is 6.36 Å². The highest BCUT2D eigenvalue weighted by atomic mass is 32.1. The Morgan fingerprint density at radius 1 is 1.14 bits per heavy atom. The second-order valence-corrected chi connectivity index (χ2v) is 9.01. The minimum atomic E-state index is -4.78. The van der Waals surface area contributed by atoms with E-state index in [4.69, 9.17) is 5.11 Å². The van der Waals surface area contributed by atoms with Gasteiger partial charge in [0.2, 0.25) is 11.9 Å². The van der Waals surface area contributed by atoms with Gasteiger partial charge in [-0.3, -0.25) is 9.59 Å². The summed E-state index contributed by atoms with van der Waals surface area (Å²) in [6, 6.07) is 8.97. The van der Waals surface area contributed by atoms with Crippen LogP contribution in [0.5, 0.6) is 5.75 Å². The maximum Gasteiger partial charge on any atom is 0.573 e. The molecule has 2 heterocycles. The van der Waals surface area contributed by atoms with Crippen molar-refractivity contribution in [3.8, 4) is 5.75 Å². The molecule has 2 N–H and O–H groups in total. The van der Waals surface area contributed by atoms with E-state index in [1.165, 1.54) is 23.1 Å². The number of rotatable bonds is 9. The fourth-order valence-corrected chi connectivity index (χ4v) is 4.45. The summed E-state index contributed by atoms with van der Waals surface area (Å²) in [5.41, 5.74) is 2.22. The fourth-order valence-electron chi connectivity index (χ4n) is 3.57. The smallest absolute Gasteiger partial charge is 0.406 e. The lowest BCUT2D eigenvalue weighted by molar-refractivity contribution is -0.274. The molecule has 13 heteroatoms. The second-order valence-electron chi connectivity index (χ2n) is 7.98. The lowest BCUT2D eigenvalue weighted by Crippen LogP contribution is -2.29. The van der Waals surface area contributed by atoms with Gasteiger partial charge in [0.15, 0.2) is 10.9 Å². The Morgan fingerprint density at radius 3 is 2.64 bits per heavy atom. The number of carbonyl (C=O) groups excluding carboxylic acids is 2. The number of ketones is 1. The summed E-state index contributed by atoms with van der Waals surface area (Å²) in [5.74, 6) is -0.324. The number of hydrogen-bond acceptors (Lipinski definition) is 8. The number of thiazole rings is 1. The van der Waals surface area contributed by atoms with Crippen LogP contribution in [0.25, 0.3) is 21.3 Å². The first-order valence-electron chi connectivity index (χ1n) is 10.8. The van der Waals surface area contributed by atoms with Crippen LogP contribution in [0.3, 0.4) is 0 Å². The number of aryl methyl sites for hydroxylation is 1. The summed E-state index contributed by atoms with van der Waals surface area (Å²) in [6.45, 7) is 0.0628. The lowest BCUT2D eigenvalue weighted by Gasteiger charge is -2.15. The van der Waals surface area contributed by atoms with Gasteiger partial charge in [0.1, 0.15) is 5.75 Å². The van der Waals surface area contributed by atoms with Gasteiger partial charge in [-0.2, -0.15) is 0 Å². The van der Waals surface area contributed by atoms with E-state index < -0.39 is 6.36 Å². The number of amides is 1. The van der Waals surface area contributed by atoms with Gasteiger partial charge in [-0.25, -0.2) is 9.97 Å². The molecule has 0 aliphatic carbocycles. The van der Waals surface area contributed by atoms with Crippen molar-refractivity contribution in [2.75, 3.05) is 25.5 Å². The first-order valence-corrected chi connectivity index (χ1v) is 11.6. The minimum absolute atomic E-state index is 0.0315. The Balaban J connectivity index is 1.49. The summed E-state index contributed by atoms with van der Waals surface area (Å²) in [5, 5.41) is 12.4. The number of aromatic nitrogens is 3. The van der Waals surface area contributed by atoms with Crippen LogP contribution in [0.4, 0.5) is 24.3 Å². The number of nitrogens with zero attached hydrogens (tertiary/aromatic N) is 4. The van der Waals surface area contributed by atoms with Gasteiger partial charge in [-0.15, -0.1) is 13.2 Å². The number of alkyl halides is 3. The molecule has 0 fully saturated rings. The number of imidazole rings is 1. The molecule has 9 nitrogen and oxygen atoms in total. The second kappa shape index (κ2) is 10.1. The van der Waals surface area contributed by atoms with Crippen LogP contribution in [0.1, 0.15) is 23.2 Å². The Labute approximate surface area is 207 Å². The molecule has 2 aromatic carbocycles. The zero-order valence-electron chi connectivity index (χ0n) is 19.3. The molecule has 4 rings (SSSR count). The van der Waals surface area contributed by atoms with E-state index in [0.29, 0.717) is 32.4 Å². The Hall–Kier alpha value is -3.71. The average molecular weight is 522 g/mol. The molecule has 0 bridgehead atoms. The summed E-state index contributed by atoms with van der Waals surface area (Å²) in [7, 11) is 3.34. The molecule has 0 atom stereocenters. The van der Waals surface area contributed by atoms with Gasteiger partial charge in [0, 0.05) is 45.1 Å². The maximum absolute atomic E-state index is 12.6. The van der Waals surface area contributed by atoms with Crippen LogP contribution in [-0.4, -0.2) is 62.8 Å². The van der Waals surface area contributed by atoms with Gasteiger partial charge < -0.3 is 24.6 Å². The van der Waals surface area contributed by atoms with Crippen molar-refractivity contribution in [3.63, 3.8) is 0 Å². The van der Waals surface area contributed by atoms with E-state index in [-0.39, 0.29) is 43.4 Å². The molecular weight excluding hydrogens is 499 g/mol. The molecule has 0 radical (unpaired) electrons. The van der Waals surface area contributed by atoms with E-state index >= 15 is 0 Å². The third-order valence-electron chi connectivity index (χ3n) is 5.44. The minimum Gasteiger partial charge on any atom is -0.406 e. The van der Waals surface area contributed by atoms with Crippen LogP contribution < -0.4 is 10.1 Å². The first-order chi connectivity index (χ1) is 17.0. The van der Waals surface area contributed by atoms with Crippen LogP contribution >= 0.6 is 11.3 Å². The topological polar surface area (TPSA) is 110 Å². The number of nitrogens with one attached hydrogen (secondary N) is 1. The highest BCUT2D eigenvalue weighted by Crippen LogP contribution is 2.33. The predicted octanol–water partition coefficient (Wildman–Crippen LogP) is 4.24. The summed E-state index contributed by atoms with van der Waals surface area (Å²) in [6.07, 6.45) is -4.71. The lowest BCUT2D eigenvalue weighted by atomic mass is 10.1. The summed E-state index contributed by atoms with van der Waals surface area (Å²) in [4.78, 5) is 34.9. The number of benzene rings is 2. The zero-order chi connectivity index (χ0) is 26.0. The number of aliphatic hydroxyl groups excluding tert-OH is 1. The quantitative estimate of drug-likeness (QED) is 0.317. The zero-order valence-corrected chi connectivity index (χ0v) is 20.1. The van der Waals surface area contributed by atoms with Crippen LogP contribution in [0, 0.1) is 0 Å². The molecule has 0 aliphatic rings. The molecule has 0 unspecified atom stereocenters. The highest BCUT2D eigenvalue weighted by Gasteiger charge is 2.31. The molecule has 1 amide bonds. The Bertz CT molecular complexity index is 1430. The predicted molar refractivity (Wildman–Crippen MR) is 129 cm³/mol. The van der Waals surface area contributed by atoms with Crippen LogP contribution in [0.2, 0.25) is 0 Å². The SMILES string of the molecule is CN(CCO)C(=O)CCC(=O)c1ccc2c(c1)nc(Nc1nc3ccc(OC(F)(F)F)cc3s1)n2C. The molecule has 0 saturated carbocycles. The highest BCUT2D eigenvalue weighted by molar-refractivity contribution is 7.22. The van der Waals surface area contributed by atoms with Crippen molar-refractivity contribution < 1.29 is 32.6 Å². The first kappa shape index (κ1) is 25.4. The Morgan fingerprint density at radius 2 is 1.92 bits per heavy atom. The fraction of sp³-hybridized carbons (Fsp3) is 0.304. The van der Waals surface area contributed by atoms with Gasteiger partial charge in [-0.1, -0.05) is 11.3 Å². The van der Waals surface area contributed by atoms with Crippen molar-refractivity contribution in [2.24, 2.45) is 7.05 Å². The summed E-state index contributed by atoms with van der Waals surface area (Å²) >= 11 is 1.15. The van der Waals surface area contributed by atoms with Gasteiger partial charge in [0.05, 0.1) is 27.9 Å². The van der Waals surface area contributed by atoms with Crippen molar-refractivity contribution in [2.45, 2.75) is 19.2 Å². The van der Waals surface area contributed by atoms with Crippen molar-refractivity contribution in [1.29, 1.82) is 0 Å². The van der Waals surface area contributed by atoms with E-state index in [9.17, 15) is 22.8 Å². The molecule has 36 heavy (non-hydrogen) atoms. The number of hydrogen-bond donors (Lipinski definition) is 2. The van der Waals surface area contributed by atoms with E-state index in [0.717, 1.165) is 16.9 Å². The molecule has 0 aliphatic heterocycles. The standard InChI is InChI=1S/C23H22F3N5O4S/c1-30(9-10-32)20(34)8-7-18(33)13-3-6-17-16(11-13)27-21(31(17)2)29-22-28-15-5-4-14(12-19(15)36-22)35-23(24,25)26/h3-6,11-12,32H,7-10H2,1-2H3,(H,27,28,29). The van der Waals surface area contributed by atoms with E-state index in [1.54, 1.807) is 36.9 Å². The normalized spacial score (nSPS) is 11.7. The van der Waals surface area contributed by atoms with Crippen molar-refractivity contribution in [3.05, 3.63) is 42.0 Å². The monoisotopic (exact) mass is 521 g/mol.